The van der Waals surface area contributed by atoms with Crippen molar-refractivity contribution in [3.05, 3.63) is 63.2 Å². The predicted octanol–water partition coefficient (Wildman–Crippen LogP) is 4.34. The van der Waals surface area contributed by atoms with Crippen LogP contribution in [0.2, 0.25) is 10.2 Å². The first-order valence-corrected chi connectivity index (χ1v) is 8.32. The molecule has 0 spiro atoms. The van der Waals surface area contributed by atoms with Crippen molar-refractivity contribution in [3.8, 4) is 5.69 Å². The number of rotatable bonds is 4. The maximum Gasteiger partial charge on any atom is 0.243 e. The SMILES string of the molecule is Cc1cc(C)nc(N/N=C\c2c(C)nn(-c3ccccc3Cl)c2Cl)n1. The summed E-state index contributed by atoms with van der Waals surface area (Å²) in [5, 5.41) is 9.61. The molecular formula is C17H16Cl2N6. The van der Waals surface area contributed by atoms with E-state index in [9.17, 15) is 0 Å². The minimum absolute atomic E-state index is 0.428. The van der Waals surface area contributed by atoms with Crippen molar-refractivity contribution in [2.75, 3.05) is 5.43 Å². The molecule has 1 N–H and O–H groups in total. The second kappa shape index (κ2) is 7.21. The lowest BCUT2D eigenvalue weighted by atomic mass is 10.3. The maximum atomic E-state index is 6.46. The number of anilines is 1. The summed E-state index contributed by atoms with van der Waals surface area (Å²) < 4.78 is 1.59. The monoisotopic (exact) mass is 374 g/mol. The van der Waals surface area contributed by atoms with Gasteiger partial charge in [-0.25, -0.2) is 20.1 Å². The number of hydrazone groups is 1. The Morgan fingerprint density at radius 1 is 1.08 bits per heavy atom. The lowest BCUT2D eigenvalue weighted by Gasteiger charge is -2.05. The van der Waals surface area contributed by atoms with Crippen LogP contribution in [0.25, 0.3) is 5.69 Å². The molecule has 0 aliphatic rings. The van der Waals surface area contributed by atoms with Crippen molar-refractivity contribution in [3.63, 3.8) is 0 Å². The van der Waals surface area contributed by atoms with Crippen LogP contribution in [0.1, 0.15) is 22.6 Å². The number of hydrogen-bond donors (Lipinski definition) is 1. The van der Waals surface area contributed by atoms with E-state index in [0.717, 1.165) is 17.1 Å². The summed E-state index contributed by atoms with van der Waals surface area (Å²) in [5.41, 5.74) is 6.69. The third kappa shape index (κ3) is 3.81. The summed E-state index contributed by atoms with van der Waals surface area (Å²) in [6, 6.07) is 9.26. The van der Waals surface area contributed by atoms with Gasteiger partial charge >= 0.3 is 0 Å². The second-order valence-electron chi connectivity index (χ2n) is 5.50. The van der Waals surface area contributed by atoms with E-state index in [2.05, 4.69) is 25.6 Å². The largest absolute Gasteiger partial charge is 0.245 e. The molecule has 2 heterocycles. The number of nitrogens with zero attached hydrogens (tertiary/aromatic N) is 5. The average molecular weight is 375 g/mol. The molecule has 0 bridgehead atoms. The van der Waals surface area contributed by atoms with Gasteiger partial charge in [-0.3, -0.25) is 0 Å². The Morgan fingerprint density at radius 2 is 1.76 bits per heavy atom. The van der Waals surface area contributed by atoms with Gasteiger partial charge in [0.05, 0.1) is 28.2 Å². The van der Waals surface area contributed by atoms with E-state index in [0.29, 0.717) is 27.4 Å². The topological polar surface area (TPSA) is 68.0 Å². The van der Waals surface area contributed by atoms with E-state index >= 15 is 0 Å². The molecule has 3 rings (SSSR count). The lowest BCUT2D eigenvalue weighted by Crippen LogP contribution is -2.00. The Kier molecular flexibility index (Phi) is 5.01. The van der Waals surface area contributed by atoms with Gasteiger partial charge in [-0.05, 0) is 39.0 Å². The first-order valence-electron chi connectivity index (χ1n) is 7.57. The molecule has 3 aromatic rings. The number of halogens is 2. The van der Waals surface area contributed by atoms with E-state index < -0.39 is 0 Å². The summed E-state index contributed by atoms with van der Waals surface area (Å²) in [4.78, 5) is 8.53. The van der Waals surface area contributed by atoms with Gasteiger partial charge < -0.3 is 0 Å². The predicted molar refractivity (Wildman–Crippen MR) is 101 cm³/mol. The van der Waals surface area contributed by atoms with Crippen LogP contribution in [-0.2, 0) is 0 Å². The molecule has 0 saturated carbocycles. The summed E-state index contributed by atoms with van der Waals surface area (Å²) in [5.74, 6) is 0.432. The summed E-state index contributed by atoms with van der Waals surface area (Å²) in [7, 11) is 0. The van der Waals surface area contributed by atoms with E-state index in [1.165, 1.54) is 0 Å². The number of aromatic nitrogens is 4. The zero-order chi connectivity index (χ0) is 18.0. The van der Waals surface area contributed by atoms with Gasteiger partial charge in [-0.15, -0.1) is 0 Å². The molecule has 1 aromatic carbocycles. The number of para-hydroxylation sites is 1. The van der Waals surface area contributed by atoms with Gasteiger partial charge in [0.1, 0.15) is 5.15 Å². The van der Waals surface area contributed by atoms with Crippen molar-refractivity contribution < 1.29 is 0 Å². The number of benzene rings is 1. The standard InChI is InChI=1S/C17H16Cl2N6/c1-10-8-11(2)22-17(21-10)23-20-9-13-12(3)24-25(16(13)19)15-7-5-4-6-14(15)18/h4-9H,1-3H3,(H,21,22,23)/b20-9-. The fraction of sp³-hybridized carbons (Fsp3) is 0.176. The van der Waals surface area contributed by atoms with Crippen molar-refractivity contribution in [2.24, 2.45) is 5.10 Å². The number of aryl methyl sites for hydroxylation is 3. The Labute approximate surface area is 155 Å². The van der Waals surface area contributed by atoms with Crippen molar-refractivity contribution >= 4 is 35.4 Å². The third-order valence-corrected chi connectivity index (χ3v) is 4.15. The van der Waals surface area contributed by atoms with Gasteiger partial charge in [0.25, 0.3) is 0 Å². The highest BCUT2D eigenvalue weighted by molar-refractivity contribution is 6.34. The van der Waals surface area contributed by atoms with Gasteiger partial charge in [0.15, 0.2) is 0 Å². The van der Waals surface area contributed by atoms with E-state index in [4.69, 9.17) is 23.2 Å². The van der Waals surface area contributed by atoms with Gasteiger partial charge in [-0.2, -0.15) is 10.2 Å². The van der Waals surface area contributed by atoms with E-state index in [-0.39, 0.29) is 0 Å². The van der Waals surface area contributed by atoms with Gasteiger partial charge in [-0.1, -0.05) is 35.3 Å². The van der Waals surface area contributed by atoms with Crippen LogP contribution in [0.3, 0.4) is 0 Å². The molecule has 6 nitrogen and oxygen atoms in total. The minimum Gasteiger partial charge on any atom is -0.245 e. The number of nitrogens with one attached hydrogen (secondary N) is 1. The average Bonchev–Trinajstić information content (AvgIpc) is 2.82. The zero-order valence-corrected chi connectivity index (χ0v) is 15.5. The normalized spacial score (nSPS) is 11.2. The second-order valence-corrected chi connectivity index (χ2v) is 6.26. The van der Waals surface area contributed by atoms with Crippen LogP contribution in [-0.4, -0.2) is 26.0 Å². The molecule has 8 heteroatoms. The van der Waals surface area contributed by atoms with Crippen molar-refractivity contribution in [1.29, 1.82) is 0 Å². The summed E-state index contributed by atoms with van der Waals surface area (Å²) in [6.07, 6.45) is 1.60. The third-order valence-electron chi connectivity index (χ3n) is 3.47. The molecule has 2 aromatic heterocycles. The van der Waals surface area contributed by atoms with Crippen LogP contribution < -0.4 is 5.43 Å². The fourth-order valence-corrected chi connectivity index (χ4v) is 2.90. The van der Waals surface area contributed by atoms with Crippen LogP contribution >= 0.6 is 23.2 Å². The molecule has 0 fully saturated rings. The van der Waals surface area contributed by atoms with Crippen LogP contribution in [0.15, 0.2) is 35.4 Å². The van der Waals surface area contributed by atoms with Crippen LogP contribution in [0.5, 0.6) is 0 Å². The van der Waals surface area contributed by atoms with Gasteiger partial charge in [0, 0.05) is 11.4 Å². The van der Waals surface area contributed by atoms with E-state index in [1.54, 1.807) is 17.0 Å². The first kappa shape index (κ1) is 17.4. The fourth-order valence-electron chi connectivity index (χ4n) is 2.37. The first-order chi connectivity index (χ1) is 12.0. The molecule has 0 unspecified atom stereocenters. The minimum atomic E-state index is 0.428. The highest BCUT2D eigenvalue weighted by Crippen LogP contribution is 2.26. The zero-order valence-electron chi connectivity index (χ0n) is 14.0. The highest BCUT2D eigenvalue weighted by atomic mass is 35.5. The van der Waals surface area contributed by atoms with Crippen molar-refractivity contribution in [2.45, 2.75) is 20.8 Å². The molecule has 128 valence electrons. The molecule has 0 atom stereocenters. The Bertz CT molecular complexity index is 928. The quantitative estimate of drug-likeness (QED) is 0.544. The maximum absolute atomic E-state index is 6.46. The highest BCUT2D eigenvalue weighted by Gasteiger charge is 2.14. The Hall–Kier alpha value is -2.44. The summed E-state index contributed by atoms with van der Waals surface area (Å²) in [6.45, 7) is 5.66. The summed E-state index contributed by atoms with van der Waals surface area (Å²) >= 11 is 12.7. The number of hydrogen-bond acceptors (Lipinski definition) is 5. The van der Waals surface area contributed by atoms with Crippen LogP contribution in [0.4, 0.5) is 5.95 Å². The molecule has 0 radical (unpaired) electrons. The molecule has 0 aliphatic heterocycles. The van der Waals surface area contributed by atoms with E-state index in [1.807, 2.05) is 45.0 Å². The smallest absolute Gasteiger partial charge is 0.243 e. The molecule has 25 heavy (non-hydrogen) atoms. The van der Waals surface area contributed by atoms with Gasteiger partial charge in [0.2, 0.25) is 5.95 Å². The molecule has 0 saturated heterocycles. The molecule has 0 aliphatic carbocycles. The van der Waals surface area contributed by atoms with Crippen molar-refractivity contribution in [1.82, 2.24) is 19.7 Å². The Balaban J connectivity index is 1.87. The molecule has 0 amide bonds. The van der Waals surface area contributed by atoms with Crippen LogP contribution in [0, 0.1) is 20.8 Å². The molecular weight excluding hydrogens is 359 g/mol. The lowest BCUT2D eigenvalue weighted by molar-refractivity contribution is 0.863. The Morgan fingerprint density at radius 3 is 2.44 bits per heavy atom.